The van der Waals surface area contributed by atoms with Crippen molar-refractivity contribution in [3.63, 3.8) is 0 Å². The highest BCUT2D eigenvalue weighted by molar-refractivity contribution is 7.20. The standard InChI is InChI=1S/C22H23N3O3S2/c1-28-17-6-2-5-15(11-17)12-20(26)25-9-3-7-18(25)21(27)23-13-16-14-30-22(24-16)19-8-4-10-29-19/h2,4-6,8,10-11,14,18H,3,7,9,12-13H2,1H3,(H,23,27). The minimum Gasteiger partial charge on any atom is -0.497 e. The lowest BCUT2D eigenvalue weighted by Gasteiger charge is -2.24. The van der Waals surface area contributed by atoms with Crippen molar-refractivity contribution in [2.75, 3.05) is 13.7 Å². The third-order valence-corrected chi connectivity index (χ3v) is 7.02. The Balaban J connectivity index is 1.34. The number of hydrogen-bond donors (Lipinski definition) is 1. The highest BCUT2D eigenvalue weighted by Gasteiger charge is 2.33. The third-order valence-electron chi connectivity index (χ3n) is 5.09. The molecule has 1 saturated heterocycles. The van der Waals surface area contributed by atoms with E-state index >= 15 is 0 Å². The molecular formula is C22H23N3O3S2. The molecule has 4 rings (SSSR count). The summed E-state index contributed by atoms with van der Waals surface area (Å²) in [6.07, 6.45) is 1.78. The number of ether oxygens (including phenoxy) is 1. The van der Waals surface area contributed by atoms with Gasteiger partial charge in [0.05, 0.1) is 30.6 Å². The van der Waals surface area contributed by atoms with Crippen molar-refractivity contribution >= 4 is 34.5 Å². The molecule has 1 fully saturated rings. The van der Waals surface area contributed by atoms with Crippen LogP contribution >= 0.6 is 22.7 Å². The average Bonchev–Trinajstić information content (AvgIpc) is 3.53. The summed E-state index contributed by atoms with van der Waals surface area (Å²) in [5.74, 6) is 0.577. The average molecular weight is 442 g/mol. The smallest absolute Gasteiger partial charge is 0.243 e. The fourth-order valence-corrected chi connectivity index (χ4v) is 5.23. The first-order chi connectivity index (χ1) is 14.6. The summed E-state index contributed by atoms with van der Waals surface area (Å²) < 4.78 is 5.23. The molecule has 0 aliphatic carbocycles. The van der Waals surface area contributed by atoms with E-state index in [0.717, 1.165) is 33.3 Å². The van der Waals surface area contributed by atoms with Crippen LogP contribution in [0.2, 0.25) is 0 Å². The van der Waals surface area contributed by atoms with Gasteiger partial charge in [-0.2, -0.15) is 0 Å². The number of methoxy groups -OCH3 is 1. The van der Waals surface area contributed by atoms with Crippen molar-refractivity contribution in [3.05, 3.63) is 58.4 Å². The lowest BCUT2D eigenvalue weighted by atomic mass is 10.1. The Bertz CT molecular complexity index is 1020. The van der Waals surface area contributed by atoms with Crippen LogP contribution in [-0.2, 0) is 22.6 Å². The van der Waals surface area contributed by atoms with Gasteiger partial charge in [-0.05, 0) is 42.0 Å². The van der Waals surface area contributed by atoms with Gasteiger partial charge < -0.3 is 15.0 Å². The molecule has 0 spiro atoms. The first-order valence-corrected chi connectivity index (χ1v) is 11.6. The van der Waals surface area contributed by atoms with Gasteiger partial charge in [0, 0.05) is 11.9 Å². The number of hydrogen-bond acceptors (Lipinski definition) is 6. The molecule has 1 N–H and O–H groups in total. The van der Waals surface area contributed by atoms with Crippen LogP contribution in [0.5, 0.6) is 5.75 Å². The zero-order chi connectivity index (χ0) is 20.9. The van der Waals surface area contributed by atoms with Crippen LogP contribution in [0.3, 0.4) is 0 Å². The van der Waals surface area contributed by atoms with Gasteiger partial charge in [-0.1, -0.05) is 18.2 Å². The minimum atomic E-state index is -0.418. The van der Waals surface area contributed by atoms with Crippen LogP contribution < -0.4 is 10.1 Å². The molecular weight excluding hydrogens is 418 g/mol. The number of thiophene rings is 1. The Morgan fingerprint density at radius 3 is 2.97 bits per heavy atom. The fourth-order valence-electron chi connectivity index (χ4n) is 3.59. The zero-order valence-corrected chi connectivity index (χ0v) is 18.3. The predicted molar refractivity (Wildman–Crippen MR) is 119 cm³/mol. The van der Waals surface area contributed by atoms with Crippen molar-refractivity contribution in [3.8, 4) is 15.6 Å². The number of amides is 2. The number of nitrogens with one attached hydrogen (secondary N) is 1. The van der Waals surface area contributed by atoms with Gasteiger partial charge in [0.25, 0.3) is 0 Å². The summed E-state index contributed by atoms with van der Waals surface area (Å²) in [7, 11) is 1.60. The van der Waals surface area contributed by atoms with E-state index in [-0.39, 0.29) is 18.2 Å². The van der Waals surface area contributed by atoms with Crippen molar-refractivity contribution in [1.82, 2.24) is 15.2 Å². The molecule has 30 heavy (non-hydrogen) atoms. The maximum Gasteiger partial charge on any atom is 0.243 e. The van der Waals surface area contributed by atoms with Gasteiger partial charge in [0.1, 0.15) is 16.8 Å². The molecule has 1 aliphatic heterocycles. The molecule has 156 valence electrons. The Labute approximate surface area is 183 Å². The number of nitrogens with zero attached hydrogens (tertiary/aromatic N) is 2. The molecule has 2 amide bonds. The highest BCUT2D eigenvalue weighted by Crippen LogP contribution is 2.28. The van der Waals surface area contributed by atoms with Gasteiger partial charge in [0.15, 0.2) is 0 Å². The van der Waals surface area contributed by atoms with Gasteiger partial charge >= 0.3 is 0 Å². The normalized spacial score (nSPS) is 15.9. The molecule has 2 aromatic heterocycles. The minimum absolute atomic E-state index is 0.0328. The van der Waals surface area contributed by atoms with Crippen LogP contribution in [0.4, 0.5) is 0 Å². The summed E-state index contributed by atoms with van der Waals surface area (Å²) in [5.41, 5.74) is 1.72. The summed E-state index contributed by atoms with van der Waals surface area (Å²) in [5, 5.41) is 7.92. The zero-order valence-electron chi connectivity index (χ0n) is 16.7. The van der Waals surface area contributed by atoms with Crippen LogP contribution in [0, 0.1) is 0 Å². The van der Waals surface area contributed by atoms with E-state index in [4.69, 9.17) is 4.74 Å². The van der Waals surface area contributed by atoms with Crippen LogP contribution in [0.1, 0.15) is 24.1 Å². The molecule has 0 bridgehead atoms. The largest absolute Gasteiger partial charge is 0.497 e. The lowest BCUT2D eigenvalue weighted by molar-refractivity contribution is -0.138. The van der Waals surface area contributed by atoms with E-state index in [2.05, 4.69) is 10.3 Å². The summed E-state index contributed by atoms with van der Waals surface area (Å²) in [4.78, 5) is 33.0. The number of rotatable bonds is 7. The summed E-state index contributed by atoms with van der Waals surface area (Å²) >= 11 is 3.22. The molecule has 3 heterocycles. The monoisotopic (exact) mass is 441 g/mol. The van der Waals surface area contributed by atoms with Crippen molar-refractivity contribution in [2.24, 2.45) is 0 Å². The van der Waals surface area contributed by atoms with Crippen LogP contribution in [-0.4, -0.2) is 41.4 Å². The number of likely N-dealkylation sites (tertiary alicyclic amines) is 1. The molecule has 1 aromatic carbocycles. The molecule has 6 nitrogen and oxygen atoms in total. The van der Waals surface area contributed by atoms with Crippen molar-refractivity contribution < 1.29 is 14.3 Å². The summed E-state index contributed by atoms with van der Waals surface area (Å²) in [6, 6.07) is 11.1. The van der Waals surface area contributed by atoms with Gasteiger partial charge in [-0.3, -0.25) is 9.59 Å². The first kappa shape index (κ1) is 20.6. The highest BCUT2D eigenvalue weighted by atomic mass is 32.1. The van der Waals surface area contributed by atoms with Crippen molar-refractivity contribution in [1.29, 1.82) is 0 Å². The van der Waals surface area contributed by atoms with Gasteiger partial charge in [0.2, 0.25) is 11.8 Å². The second kappa shape index (κ2) is 9.40. The Kier molecular flexibility index (Phi) is 6.44. The number of carbonyl (C=O) groups is 2. The lowest BCUT2D eigenvalue weighted by Crippen LogP contribution is -2.46. The quantitative estimate of drug-likeness (QED) is 0.606. The van der Waals surface area contributed by atoms with Gasteiger partial charge in [-0.25, -0.2) is 4.98 Å². The third kappa shape index (κ3) is 4.71. The SMILES string of the molecule is COc1cccc(CC(=O)N2CCCC2C(=O)NCc2csc(-c3cccs3)n2)c1. The fraction of sp³-hybridized carbons (Fsp3) is 0.318. The van der Waals surface area contributed by atoms with E-state index in [1.165, 1.54) is 0 Å². The molecule has 1 atom stereocenters. The predicted octanol–water partition coefficient (Wildman–Crippen LogP) is 3.73. The molecule has 8 heteroatoms. The molecule has 0 radical (unpaired) electrons. The number of thiazole rings is 1. The number of aromatic nitrogens is 1. The molecule has 1 aliphatic rings. The van der Waals surface area contributed by atoms with E-state index in [9.17, 15) is 9.59 Å². The molecule has 1 unspecified atom stereocenters. The second-order valence-corrected chi connectivity index (χ2v) is 8.92. The maximum atomic E-state index is 12.8. The van der Waals surface area contributed by atoms with Crippen LogP contribution in [0.15, 0.2) is 47.2 Å². The molecule has 3 aromatic rings. The Morgan fingerprint density at radius 2 is 2.17 bits per heavy atom. The van der Waals surface area contributed by atoms with E-state index in [1.807, 2.05) is 47.2 Å². The van der Waals surface area contributed by atoms with Crippen LogP contribution in [0.25, 0.3) is 9.88 Å². The summed E-state index contributed by atoms with van der Waals surface area (Å²) in [6.45, 7) is 0.981. The first-order valence-electron chi connectivity index (χ1n) is 9.82. The molecule has 0 saturated carbocycles. The van der Waals surface area contributed by atoms with E-state index in [1.54, 1.807) is 34.7 Å². The Hall–Kier alpha value is -2.71. The number of carbonyl (C=O) groups excluding carboxylic acids is 2. The topological polar surface area (TPSA) is 71.5 Å². The van der Waals surface area contributed by atoms with Gasteiger partial charge in [-0.15, -0.1) is 22.7 Å². The second-order valence-electron chi connectivity index (χ2n) is 7.11. The van der Waals surface area contributed by atoms with E-state index < -0.39 is 6.04 Å². The Morgan fingerprint density at radius 1 is 1.27 bits per heavy atom. The van der Waals surface area contributed by atoms with Crippen molar-refractivity contribution in [2.45, 2.75) is 31.8 Å². The number of benzene rings is 1. The van der Waals surface area contributed by atoms with E-state index in [0.29, 0.717) is 19.5 Å². The maximum absolute atomic E-state index is 12.8.